The van der Waals surface area contributed by atoms with Crippen LogP contribution in [0.3, 0.4) is 0 Å². The summed E-state index contributed by atoms with van der Waals surface area (Å²) in [6.45, 7) is 3.68. The van der Waals surface area contributed by atoms with Crippen LogP contribution in [0.5, 0.6) is 0 Å². The maximum absolute atomic E-state index is 11.5. The monoisotopic (exact) mass is 248 g/mol. The smallest absolute Gasteiger partial charge is 0.331 e. The highest BCUT2D eigenvalue weighted by atomic mass is 16.5. The molecule has 3 nitrogen and oxygen atoms in total. The molecule has 0 radical (unpaired) electrons. The van der Waals surface area contributed by atoms with E-state index >= 15 is 0 Å². The zero-order valence-corrected chi connectivity index (χ0v) is 10.9. The van der Waals surface area contributed by atoms with Gasteiger partial charge in [-0.05, 0) is 37.3 Å². The maximum Gasteiger partial charge on any atom is 0.331 e. The summed E-state index contributed by atoms with van der Waals surface area (Å²) < 4.78 is 10.4. The standard InChI is InChI=1S/C15H20O3/c1-2-18-15(16)9-12-6-4-3-5-7-13-10-17-11-14(13)8-12/h5,7-9,13H,2-4,6,10-11H2,1H3/b7-5-,12-9-,14-8-. The van der Waals surface area contributed by atoms with Gasteiger partial charge < -0.3 is 9.47 Å². The van der Waals surface area contributed by atoms with Gasteiger partial charge >= 0.3 is 5.97 Å². The highest BCUT2D eigenvalue weighted by Crippen LogP contribution is 2.26. The second-order valence-corrected chi connectivity index (χ2v) is 4.63. The molecule has 0 spiro atoms. The molecule has 2 rings (SSSR count). The summed E-state index contributed by atoms with van der Waals surface area (Å²) in [4.78, 5) is 11.5. The molecule has 3 heteroatoms. The summed E-state index contributed by atoms with van der Waals surface area (Å²) in [6.07, 6.45) is 11.2. The topological polar surface area (TPSA) is 35.5 Å². The summed E-state index contributed by atoms with van der Waals surface area (Å²) in [6, 6.07) is 0. The molecule has 0 N–H and O–H groups in total. The van der Waals surface area contributed by atoms with Crippen LogP contribution in [0.1, 0.15) is 26.2 Å². The number of hydrogen-bond donors (Lipinski definition) is 0. The quantitative estimate of drug-likeness (QED) is 0.428. The molecule has 1 aliphatic carbocycles. The van der Waals surface area contributed by atoms with Gasteiger partial charge in [0.25, 0.3) is 0 Å². The minimum Gasteiger partial charge on any atom is -0.463 e. The van der Waals surface area contributed by atoms with E-state index in [9.17, 15) is 4.79 Å². The van der Waals surface area contributed by atoms with Crippen molar-refractivity contribution in [2.75, 3.05) is 19.8 Å². The molecule has 0 amide bonds. The largest absolute Gasteiger partial charge is 0.463 e. The van der Waals surface area contributed by atoms with Crippen molar-refractivity contribution in [1.82, 2.24) is 0 Å². The molecule has 0 aromatic heterocycles. The molecule has 1 saturated heterocycles. The summed E-state index contributed by atoms with van der Waals surface area (Å²) in [7, 11) is 0. The van der Waals surface area contributed by atoms with Gasteiger partial charge in [0, 0.05) is 12.0 Å². The van der Waals surface area contributed by atoms with Gasteiger partial charge in [-0.25, -0.2) is 4.79 Å². The van der Waals surface area contributed by atoms with Gasteiger partial charge in [-0.3, -0.25) is 0 Å². The summed E-state index contributed by atoms with van der Waals surface area (Å²) in [5.41, 5.74) is 2.33. The van der Waals surface area contributed by atoms with E-state index in [0.29, 0.717) is 19.1 Å². The van der Waals surface area contributed by atoms with E-state index in [1.807, 2.05) is 6.92 Å². The third-order valence-electron chi connectivity index (χ3n) is 3.21. The Labute approximate surface area is 108 Å². The van der Waals surface area contributed by atoms with Crippen molar-refractivity contribution < 1.29 is 14.3 Å². The fourth-order valence-corrected chi connectivity index (χ4v) is 2.29. The molecule has 1 unspecified atom stereocenters. The van der Waals surface area contributed by atoms with Crippen LogP contribution < -0.4 is 0 Å². The highest BCUT2D eigenvalue weighted by Gasteiger charge is 2.20. The van der Waals surface area contributed by atoms with Crippen LogP contribution in [0.4, 0.5) is 0 Å². The van der Waals surface area contributed by atoms with Crippen molar-refractivity contribution in [2.45, 2.75) is 26.2 Å². The van der Waals surface area contributed by atoms with Gasteiger partial charge in [0.15, 0.2) is 0 Å². The predicted octanol–water partition coefficient (Wildman–Crippen LogP) is 2.79. The normalized spacial score (nSPS) is 30.6. The number of allylic oxidation sites excluding steroid dienone is 3. The second-order valence-electron chi connectivity index (χ2n) is 4.63. The Balaban J connectivity index is 2.16. The number of fused-ring (bicyclic) bond motifs is 1. The third kappa shape index (κ3) is 3.57. The fourth-order valence-electron chi connectivity index (χ4n) is 2.29. The number of carbonyl (C=O) groups excluding carboxylic acids is 1. The van der Waals surface area contributed by atoms with Gasteiger partial charge in [-0.2, -0.15) is 0 Å². The Morgan fingerprint density at radius 3 is 3.33 bits per heavy atom. The third-order valence-corrected chi connectivity index (χ3v) is 3.21. The first-order chi connectivity index (χ1) is 8.79. The second kappa shape index (κ2) is 6.55. The zero-order chi connectivity index (χ0) is 12.8. The number of ether oxygens (including phenoxy) is 2. The zero-order valence-electron chi connectivity index (χ0n) is 10.9. The van der Waals surface area contributed by atoms with Crippen molar-refractivity contribution >= 4 is 5.97 Å². The van der Waals surface area contributed by atoms with Crippen molar-refractivity contribution in [3.05, 3.63) is 35.5 Å². The molecule has 1 fully saturated rings. The predicted molar refractivity (Wildman–Crippen MR) is 70.1 cm³/mol. The lowest BCUT2D eigenvalue weighted by atomic mass is 9.99. The molecule has 0 aromatic carbocycles. The first-order valence-electron chi connectivity index (χ1n) is 6.62. The highest BCUT2D eigenvalue weighted by molar-refractivity contribution is 5.83. The van der Waals surface area contributed by atoms with Crippen LogP contribution >= 0.6 is 0 Å². The minimum atomic E-state index is -0.243. The van der Waals surface area contributed by atoms with Crippen LogP contribution in [0.25, 0.3) is 0 Å². The Morgan fingerprint density at radius 1 is 1.61 bits per heavy atom. The molecule has 0 aromatic rings. The number of hydrogen-bond acceptors (Lipinski definition) is 3. The lowest BCUT2D eigenvalue weighted by Gasteiger charge is -2.05. The lowest BCUT2D eigenvalue weighted by Crippen LogP contribution is -2.02. The first kappa shape index (κ1) is 13.1. The van der Waals surface area contributed by atoms with Crippen LogP contribution in [-0.4, -0.2) is 25.8 Å². The van der Waals surface area contributed by atoms with Crippen LogP contribution in [0, 0.1) is 5.92 Å². The van der Waals surface area contributed by atoms with Crippen LogP contribution in [0.2, 0.25) is 0 Å². The molecule has 0 bridgehead atoms. The number of carbonyl (C=O) groups is 1. The summed E-state index contributed by atoms with van der Waals surface area (Å²) >= 11 is 0. The van der Waals surface area contributed by atoms with E-state index < -0.39 is 0 Å². The van der Waals surface area contributed by atoms with Gasteiger partial charge in [-0.1, -0.05) is 18.2 Å². The molecular formula is C15H20O3. The number of esters is 1. The molecule has 1 atom stereocenters. The first-order valence-corrected chi connectivity index (χ1v) is 6.62. The van der Waals surface area contributed by atoms with Gasteiger partial charge in [-0.15, -0.1) is 0 Å². The molecular weight excluding hydrogens is 228 g/mol. The minimum absolute atomic E-state index is 0.243. The maximum atomic E-state index is 11.5. The molecule has 0 saturated carbocycles. The SMILES string of the molecule is CCOC(=O)/C=C1\C=C2\COCC2/C=C\CCC1. The number of rotatable bonds is 2. The van der Waals surface area contributed by atoms with Gasteiger partial charge in [0.2, 0.25) is 0 Å². The van der Waals surface area contributed by atoms with Crippen LogP contribution in [-0.2, 0) is 14.3 Å². The summed E-state index contributed by atoms with van der Waals surface area (Å²) in [5, 5.41) is 0. The molecule has 1 aliphatic heterocycles. The molecule has 1 heterocycles. The van der Waals surface area contributed by atoms with E-state index in [1.165, 1.54) is 5.57 Å². The Morgan fingerprint density at radius 2 is 2.50 bits per heavy atom. The molecule has 98 valence electrons. The molecule has 2 aliphatic rings. The lowest BCUT2D eigenvalue weighted by molar-refractivity contribution is -0.137. The fraction of sp³-hybridized carbons (Fsp3) is 0.533. The van der Waals surface area contributed by atoms with E-state index in [0.717, 1.165) is 31.4 Å². The average molecular weight is 248 g/mol. The Bertz CT molecular complexity index is 391. The van der Waals surface area contributed by atoms with E-state index in [1.54, 1.807) is 6.08 Å². The van der Waals surface area contributed by atoms with E-state index in [4.69, 9.17) is 9.47 Å². The van der Waals surface area contributed by atoms with Crippen molar-refractivity contribution in [2.24, 2.45) is 5.92 Å². The van der Waals surface area contributed by atoms with E-state index in [2.05, 4.69) is 18.2 Å². The van der Waals surface area contributed by atoms with Crippen molar-refractivity contribution in [1.29, 1.82) is 0 Å². The van der Waals surface area contributed by atoms with Gasteiger partial charge in [0.1, 0.15) is 0 Å². The van der Waals surface area contributed by atoms with Crippen LogP contribution in [0.15, 0.2) is 35.5 Å². The van der Waals surface area contributed by atoms with Gasteiger partial charge in [0.05, 0.1) is 19.8 Å². The Kier molecular flexibility index (Phi) is 4.76. The summed E-state index contributed by atoms with van der Waals surface area (Å²) in [5.74, 6) is 0.140. The Hall–Kier alpha value is -1.35. The van der Waals surface area contributed by atoms with E-state index in [-0.39, 0.29) is 5.97 Å². The van der Waals surface area contributed by atoms with Crippen molar-refractivity contribution in [3.63, 3.8) is 0 Å². The average Bonchev–Trinajstić information content (AvgIpc) is 2.77. The van der Waals surface area contributed by atoms with Crippen molar-refractivity contribution in [3.8, 4) is 0 Å². The molecule has 18 heavy (non-hydrogen) atoms.